The Hall–Kier alpha value is -0.770. The van der Waals surface area contributed by atoms with Crippen LogP contribution < -0.4 is 5.32 Å². The number of urea groups is 1. The molecule has 4 nitrogen and oxygen atoms in total. The van der Waals surface area contributed by atoms with Gasteiger partial charge in [0, 0.05) is 38.8 Å². The SMILES string of the molecule is CC1CCN(C(=O)N2CCNCC2)C(C)C1. The minimum absolute atomic E-state index is 0.251. The van der Waals surface area contributed by atoms with Crippen molar-refractivity contribution < 1.29 is 4.79 Å². The van der Waals surface area contributed by atoms with E-state index in [1.165, 1.54) is 0 Å². The van der Waals surface area contributed by atoms with Crippen LogP contribution in [0.4, 0.5) is 4.79 Å². The number of hydrogen-bond acceptors (Lipinski definition) is 2. The second kappa shape index (κ2) is 5.04. The number of likely N-dealkylation sites (tertiary alicyclic amines) is 1. The lowest BCUT2D eigenvalue weighted by atomic mass is 9.94. The molecule has 0 radical (unpaired) electrons. The van der Waals surface area contributed by atoms with Gasteiger partial charge in [-0.15, -0.1) is 0 Å². The van der Waals surface area contributed by atoms with Gasteiger partial charge >= 0.3 is 6.03 Å². The number of rotatable bonds is 0. The first kappa shape index (κ1) is 11.7. The molecule has 92 valence electrons. The number of amides is 2. The molecule has 0 saturated carbocycles. The van der Waals surface area contributed by atoms with Crippen molar-refractivity contribution in [3.8, 4) is 0 Å². The van der Waals surface area contributed by atoms with E-state index in [4.69, 9.17) is 0 Å². The van der Waals surface area contributed by atoms with Crippen LogP contribution in [0.1, 0.15) is 26.7 Å². The Morgan fingerprint density at radius 2 is 1.88 bits per heavy atom. The third-order valence-electron chi connectivity index (χ3n) is 3.77. The van der Waals surface area contributed by atoms with E-state index in [0.717, 1.165) is 51.5 Å². The van der Waals surface area contributed by atoms with Crippen LogP contribution >= 0.6 is 0 Å². The fraction of sp³-hybridized carbons (Fsp3) is 0.917. The van der Waals surface area contributed by atoms with Crippen LogP contribution in [-0.4, -0.2) is 54.6 Å². The highest BCUT2D eigenvalue weighted by Crippen LogP contribution is 2.23. The van der Waals surface area contributed by atoms with Gasteiger partial charge in [0.2, 0.25) is 0 Å². The summed E-state index contributed by atoms with van der Waals surface area (Å²) in [5.41, 5.74) is 0. The second-order valence-corrected chi connectivity index (χ2v) is 5.19. The lowest BCUT2D eigenvalue weighted by Gasteiger charge is -2.40. The summed E-state index contributed by atoms with van der Waals surface area (Å²) in [5.74, 6) is 0.766. The van der Waals surface area contributed by atoms with E-state index < -0.39 is 0 Å². The minimum atomic E-state index is 0.251. The first-order chi connectivity index (χ1) is 7.68. The Morgan fingerprint density at radius 1 is 1.19 bits per heavy atom. The molecule has 2 heterocycles. The highest BCUT2D eigenvalue weighted by Gasteiger charge is 2.30. The summed E-state index contributed by atoms with van der Waals surface area (Å²) in [6.45, 7) is 8.98. The summed E-state index contributed by atoms with van der Waals surface area (Å²) in [5, 5.41) is 3.28. The second-order valence-electron chi connectivity index (χ2n) is 5.19. The van der Waals surface area contributed by atoms with Gasteiger partial charge in [-0.3, -0.25) is 0 Å². The third kappa shape index (κ3) is 2.48. The van der Waals surface area contributed by atoms with Crippen LogP contribution in [0.3, 0.4) is 0 Å². The molecular weight excluding hydrogens is 202 g/mol. The molecule has 2 rings (SSSR count). The lowest BCUT2D eigenvalue weighted by Crippen LogP contribution is -2.55. The van der Waals surface area contributed by atoms with Crippen molar-refractivity contribution in [1.82, 2.24) is 15.1 Å². The molecule has 2 aliphatic rings. The van der Waals surface area contributed by atoms with Gasteiger partial charge in [0.15, 0.2) is 0 Å². The van der Waals surface area contributed by atoms with Gasteiger partial charge in [-0.2, -0.15) is 0 Å². The molecule has 2 aliphatic heterocycles. The maximum atomic E-state index is 12.3. The van der Waals surface area contributed by atoms with E-state index in [1.54, 1.807) is 0 Å². The standard InChI is InChI=1S/C12H23N3O/c1-10-3-6-15(11(2)9-10)12(16)14-7-4-13-5-8-14/h10-11,13H,3-9H2,1-2H3. The van der Waals surface area contributed by atoms with Crippen LogP contribution in [0, 0.1) is 5.92 Å². The number of piperidine rings is 1. The van der Waals surface area contributed by atoms with Gasteiger partial charge in [-0.05, 0) is 25.7 Å². The number of nitrogens with one attached hydrogen (secondary N) is 1. The molecule has 2 saturated heterocycles. The average molecular weight is 225 g/mol. The summed E-state index contributed by atoms with van der Waals surface area (Å²) in [6, 6.07) is 0.659. The maximum Gasteiger partial charge on any atom is 0.320 e. The Balaban J connectivity index is 1.92. The maximum absolute atomic E-state index is 12.3. The van der Waals surface area contributed by atoms with E-state index in [2.05, 4.69) is 24.1 Å². The molecule has 2 unspecified atom stereocenters. The Morgan fingerprint density at radius 3 is 2.50 bits per heavy atom. The molecule has 0 aromatic rings. The third-order valence-corrected chi connectivity index (χ3v) is 3.77. The topological polar surface area (TPSA) is 35.6 Å². The first-order valence-corrected chi connectivity index (χ1v) is 6.44. The van der Waals surface area contributed by atoms with E-state index >= 15 is 0 Å². The van der Waals surface area contributed by atoms with Crippen LogP contribution in [0.25, 0.3) is 0 Å². The summed E-state index contributed by atoms with van der Waals surface area (Å²) < 4.78 is 0. The highest BCUT2D eigenvalue weighted by molar-refractivity contribution is 5.75. The molecule has 0 spiro atoms. The highest BCUT2D eigenvalue weighted by atomic mass is 16.2. The normalized spacial score (nSPS) is 31.6. The van der Waals surface area contributed by atoms with Gasteiger partial charge in [0.25, 0.3) is 0 Å². The van der Waals surface area contributed by atoms with E-state index in [9.17, 15) is 4.79 Å². The Kier molecular flexibility index (Phi) is 3.69. The van der Waals surface area contributed by atoms with Crippen LogP contribution in [0.5, 0.6) is 0 Å². The molecule has 16 heavy (non-hydrogen) atoms. The predicted octanol–water partition coefficient (Wildman–Crippen LogP) is 1.13. The van der Waals surface area contributed by atoms with Crippen molar-refractivity contribution in [2.24, 2.45) is 5.92 Å². The number of piperazine rings is 1. The molecular formula is C12H23N3O. The van der Waals surface area contributed by atoms with E-state index in [-0.39, 0.29) is 6.03 Å². The molecule has 0 aromatic heterocycles. The zero-order valence-corrected chi connectivity index (χ0v) is 10.4. The molecule has 0 aliphatic carbocycles. The lowest BCUT2D eigenvalue weighted by molar-refractivity contribution is 0.103. The number of hydrogen-bond donors (Lipinski definition) is 1. The van der Waals surface area contributed by atoms with Crippen LogP contribution in [0.15, 0.2) is 0 Å². The summed E-state index contributed by atoms with van der Waals surface area (Å²) in [4.78, 5) is 16.3. The van der Waals surface area contributed by atoms with Crippen molar-refractivity contribution in [3.05, 3.63) is 0 Å². The van der Waals surface area contributed by atoms with Crippen molar-refractivity contribution in [1.29, 1.82) is 0 Å². The Labute approximate surface area is 98.0 Å². The van der Waals surface area contributed by atoms with E-state index in [0.29, 0.717) is 6.04 Å². The molecule has 2 atom stereocenters. The van der Waals surface area contributed by atoms with E-state index in [1.807, 2.05) is 4.90 Å². The number of nitrogens with zero attached hydrogens (tertiary/aromatic N) is 2. The van der Waals surface area contributed by atoms with Crippen molar-refractivity contribution in [3.63, 3.8) is 0 Å². The summed E-state index contributed by atoms with van der Waals surface area (Å²) >= 11 is 0. The quantitative estimate of drug-likeness (QED) is 0.671. The minimum Gasteiger partial charge on any atom is -0.322 e. The van der Waals surface area contributed by atoms with Gasteiger partial charge in [0.05, 0.1) is 0 Å². The molecule has 1 N–H and O–H groups in total. The van der Waals surface area contributed by atoms with Gasteiger partial charge < -0.3 is 15.1 Å². The summed E-state index contributed by atoms with van der Waals surface area (Å²) in [6.07, 6.45) is 2.31. The van der Waals surface area contributed by atoms with Crippen LogP contribution in [-0.2, 0) is 0 Å². The van der Waals surface area contributed by atoms with Gasteiger partial charge in [-0.25, -0.2) is 4.79 Å². The fourth-order valence-electron chi connectivity index (χ4n) is 2.73. The molecule has 4 heteroatoms. The first-order valence-electron chi connectivity index (χ1n) is 6.44. The van der Waals surface area contributed by atoms with Gasteiger partial charge in [-0.1, -0.05) is 6.92 Å². The fourth-order valence-corrected chi connectivity index (χ4v) is 2.73. The average Bonchev–Trinajstić information content (AvgIpc) is 2.29. The number of carbonyl (C=O) groups is 1. The number of carbonyl (C=O) groups excluding carboxylic acids is 1. The van der Waals surface area contributed by atoms with Crippen molar-refractivity contribution in [2.75, 3.05) is 32.7 Å². The summed E-state index contributed by atoms with van der Waals surface area (Å²) in [7, 11) is 0. The smallest absolute Gasteiger partial charge is 0.320 e. The van der Waals surface area contributed by atoms with Crippen molar-refractivity contribution >= 4 is 6.03 Å². The van der Waals surface area contributed by atoms with Crippen molar-refractivity contribution in [2.45, 2.75) is 32.7 Å². The monoisotopic (exact) mass is 225 g/mol. The van der Waals surface area contributed by atoms with Crippen LogP contribution in [0.2, 0.25) is 0 Å². The largest absolute Gasteiger partial charge is 0.322 e. The Bertz CT molecular complexity index is 251. The predicted molar refractivity (Wildman–Crippen MR) is 64.4 cm³/mol. The zero-order chi connectivity index (χ0) is 11.5. The van der Waals surface area contributed by atoms with Gasteiger partial charge in [0.1, 0.15) is 0 Å². The molecule has 2 amide bonds. The molecule has 0 aromatic carbocycles. The zero-order valence-electron chi connectivity index (χ0n) is 10.4. The molecule has 0 bridgehead atoms. The molecule has 2 fully saturated rings.